The van der Waals surface area contributed by atoms with Crippen molar-refractivity contribution in [1.82, 2.24) is 5.32 Å². The van der Waals surface area contributed by atoms with Crippen LogP contribution in [-0.2, 0) is 9.53 Å². The Morgan fingerprint density at radius 3 is 2.64 bits per heavy atom. The minimum Gasteiger partial charge on any atom is -0.452 e. The quantitative estimate of drug-likeness (QED) is 0.356. The zero-order valence-corrected chi connectivity index (χ0v) is 13.5. The number of nitrogens with zero attached hydrogens (tertiary/aromatic N) is 2. The van der Waals surface area contributed by atoms with Crippen molar-refractivity contribution >= 4 is 23.3 Å². The Bertz CT molecular complexity index is 735. The number of carbonyl (C=O) groups is 2. The lowest BCUT2D eigenvalue weighted by atomic mass is 9.83. The van der Waals surface area contributed by atoms with Gasteiger partial charge in [0.25, 0.3) is 11.6 Å². The second kappa shape index (κ2) is 7.61. The average Bonchev–Trinajstić information content (AvgIpc) is 2.60. The molecule has 0 atom stereocenters. The molecule has 1 fully saturated rings. The summed E-state index contributed by atoms with van der Waals surface area (Å²) in [6.07, 6.45) is 3.84. The number of rotatable bonds is 5. The monoisotopic (exact) mass is 346 g/mol. The number of nitriles is 1. The van der Waals surface area contributed by atoms with Crippen LogP contribution in [0, 0.1) is 21.4 Å². The van der Waals surface area contributed by atoms with Crippen molar-refractivity contribution in [3.05, 3.63) is 33.9 Å². The lowest BCUT2D eigenvalue weighted by molar-refractivity contribution is -0.383. The van der Waals surface area contributed by atoms with E-state index >= 15 is 0 Å². The molecule has 1 aliphatic rings. The summed E-state index contributed by atoms with van der Waals surface area (Å²) in [4.78, 5) is 34.0. The predicted octanol–water partition coefficient (Wildman–Crippen LogP) is 1.68. The molecule has 1 aliphatic carbocycles. The molecule has 0 unspecified atom stereocenters. The van der Waals surface area contributed by atoms with Crippen LogP contribution >= 0.6 is 0 Å². The largest absolute Gasteiger partial charge is 0.452 e. The fourth-order valence-electron chi connectivity index (χ4n) is 2.77. The van der Waals surface area contributed by atoms with Crippen LogP contribution in [0.4, 0.5) is 11.4 Å². The molecule has 1 aromatic carbocycles. The third-order valence-electron chi connectivity index (χ3n) is 4.10. The van der Waals surface area contributed by atoms with Crippen molar-refractivity contribution < 1.29 is 19.2 Å². The molecule has 0 aromatic heterocycles. The first kappa shape index (κ1) is 18.2. The molecule has 0 spiro atoms. The van der Waals surface area contributed by atoms with Gasteiger partial charge in [-0.05, 0) is 25.0 Å². The van der Waals surface area contributed by atoms with Gasteiger partial charge in [0.2, 0.25) is 0 Å². The highest BCUT2D eigenvalue weighted by atomic mass is 16.6. The molecular weight excluding hydrogens is 328 g/mol. The molecule has 1 aromatic rings. The van der Waals surface area contributed by atoms with Crippen LogP contribution in [-0.4, -0.2) is 28.9 Å². The van der Waals surface area contributed by atoms with Crippen LogP contribution in [0.25, 0.3) is 0 Å². The Morgan fingerprint density at radius 1 is 1.36 bits per heavy atom. The molecular formula is C16H18N4O5. The fourth-order valence-corrected chi connectivity index (χ4v) is 2.77. The molecule has 3 N–H and O–H groups in total. The molecule has 0 bridgehead atoms. The van der Waals surface area contributed by atoms with Crippen molar-refractivity contribution in [3.63, 3.8) is 0 Å². The van der Waals surface area contributed by atoms with Crippen molar-refractivity contribution in [2.24, 2.45) is 0 Å². The van der Waals surface area contributed by atoms with Crippen LogP contribution in [0.5, 0.6) is 0 Å². The number of benzene rings is 1. The number of hydrogen-bond acceptors (Lipinski definition) is 7. The van der Waals surface area contributed by atoms with Crippen LogP contribution in [0.1, 0.15) is 42.5 Å². The summed E-state index contributed by atoms with van der Waals surface area (Å²) in [7, 11) is 0. The standard InChI is InChI=1S/C16H18N4O5/c17-10-16(6-2-1-3-7-16)19-14(21)9-25-15(22)11-4-5-12(18)13(8-11)20(23)24/h4-5,8H,1-3,6-7,9,18H2,(H,19,21). The van der Waals surface area contributed by atoms with Crippen LogP contribution < -0.4 is 11.1 Å². The molecule has 1 saturated carbocycles. The predicted molar refractivity (Wildman–Crippen MR) is 87.4 cm³/mol. The first-order chi connectivity index (χ1) is 11.9. The third-order valence-corrected chi connectivity index (χ3v) is 4.10. The van der Waals surface area contributed by atoms with Crippen LogP contribution in [0.3, 0.4) is 0 Å². The van der Waals surface area contributed by atoms with E-state index in [9.17, 15) is 25.0 Å². The molecule has 132 valence electrons. The highest BCUT2D eigenvalue weighted by molar-refractivity contribution is 5.93. The fraction of sp³-hybridized carbons (Fsp3) is 0.438. The Hall–Kier alpha value is -3.15. The van der Waals surface area contributed by atoms with E-state index in [0.29, 0.717) is 12.8 Å². The average molecular weight is 346 g/mol. The zero-order valence-electron chi connectivity index (χ0n) is 13.5. The van der Waals surface area contributed by atoms with Gasteiger partial charge >= 0.3 is 5.97 Å². The van der Waals surface area contributed by atoms with Gasteiger partial charge in [-0.25, -0.2) is 4.79 Å². The van der Waals surface area contributed by atoms with Gasteiger partial charge in [-0.2, -0.15) is 5.26 Å². The molecule has 2 rings (SSSR count). The summed E-state index contributed by atoms with van der Waals surface area (Å²) in [6.45, 7) is -0.569. The summed E-state index contributed by atoms with van der Waals surface area (Å²) >= 11 is 0. The van der Waals surface area contributed by atoms with Crippen molar-refractivity contribution in [2.75, 3.05) is 12.3 Å². The number of hydrogen-bond donors (Lipinski definition) is 2. The second-order valence-corrected chi connectivity index (χ2v) is 5.91. The van der Waals surface area contributed by atoms with Gasteiger partial charge in [-0.15, -0.1) is 0 Å². The van der Waals surface area contributed by atoms with Crippen molar-refractivity contribution in [1.29, 1.82) is 5.26 Å². The zero-order chi connectivity index (χ0) is 18.4. The molecule has 25 heavy (non-hydrogen) atoms. The van der Waals surface area contributed by atoms with E-state index in [1.54, 1.807) is 0 Å². The maximum atomic E-state index is 12.0. The minimum absolute atomic E-state index is 0.0763. The van der Waals surface area contributed by atoms with E-state index in [4.69, 9.17) is 10.5 Å². The lowest BCUT2D eigenvalue weighted by Crippen LogP contribution is -2.50. The van der Waals surface area contributed by atoms with Gasteiger partial charge in [0, 0.05) is 6.07 Å². The normalized spacial score (nSPS) is 15.6. The molecule has 0 saturated heterocycles. The second-order valence-electron chi connectivity index (χ2n) is 5.91. The smallest absolute Gasteiger partial charge is 0.338 e. The molecule has 0 radical (unpaired) electrons. The van der Waals surface area contributed by atoms with Crippen molar-refractivity contribution in [2.45, 2.75) is 37.6 Å². The number of esters is 1. The number of nitrogen functional groups attached to an aromatic ring is 1. The van der Waals surface area contributed by atoms with E-state index in [1.807, 2.05) is 0 Å². The number of nitro benzene ring substituents is 1. The summed E-state index contributed by atoms with van der Waals surface area (Å²) in [5.41, 5.74) is 3.97. The maximum absolute atomic E-state index is 12.0. The van der Waals surface area contributed by atoms with Gasteiger partial charge in [-0.3, -0.25) is 14.9 Å². The van der Waals surface area contributed by atoms with Crippen molar-refractivity contribution in [3.8, 4) is 6.07 Å². The highest BCUT2D eigenvalue weighted by Crippen LogP contribution is 2.27. The molecule has 1 amide bonds. The summed E-state index contributed by atoms with van der Waals surface area (Å²) < 4.78 is 4.87. The number of nitro groups is 1. The van der Waals surface area contributed by atoms with Crippen LogP contribution in [0.2, 0.25) is 0 Å². The van der Waals surface area contributed by atoms with E-state index < -0.39 is 34.6 Å². The number of nitrogens with one attached hydrogen (secondary N) is 1. The number of amides is 1. The van der Waals surface area contributed by atoms with E-state index in [-0.39, 0.29) is 11.3 Å². The first-order valence-corrected chi connectivity index (χ1v) is 7.80. The molecule has 0 heterocycles. The molecule has 0 aliphatic heterocycles. The summed E-state index contributed by atoms with van der Waals surface area (Å²) in [6, 6.07) is 5.63. The highest BCUT2D eigenvalue weighted by Gasteiger charge is 2.33. The van der Waals surface area contributed by atoms with Crippen LogP contribution in [0.15, 0.2) is 18.2 Å². The number of ether oxygens (including phenoxy) is 1. The SMILES string of the molecule is N#CC1(NC(=O)COC(=O)c2ccc(N)c([N+](=O)[O-])c2)CCCCC1. The van der Waals surface area contributed by atoms with Gasteiger partial charge in [-0.1, -0.05) is 19.3 Å². The van der Waals surface area contributed by atoms with Gasteiger partial charge in [0.15, 0.2) is 6.61 Å². The van der Waals surface area contributed by atoms with E-state index in [2.05, 4.69) is 11.4 Å². The third kappa shape index (κ3) is 4.44. The van der Waals surface area contributed by atoms with Gasteiger partial charge in [0.1, 0.15) is 11.2 Å². The minimum atomic E-state index is -0.915. The first-order valence-electron chi connectivity index (χ1n) is 7.80. The Morgan fingerprint density at radius 2 is 2.04 bits per heavy atom. The van der Waals surface area contributed by atoms with E-state index in [1.165, 1.54) is 12.1 Å². The number of nitrogens with two attached hydrogens (primary N) is 1. The van der Waals surface area contributed by atoms with Gasteiger partial charge < -0.3 is 15.8 Å². The van der Waals surface area contributed by atoms with Gasteiger partial charge in [0.05, 0.1) is 16.6 Å². The Balaban J connectivity index is 1.95. The number of carbonyl (C=O) groups excluding carboxylic acids is 2. The molecule has 9 heteroatoms. The van der Waals surface area contributed by atoms with E-state index in [0.717, 1.165) is 25.3 Å². The summed E-state index contributed by atoms with van der Waals surface area (Å²) in [5, 5.41) is 22.8. The molecule has 9 nitrogen and oxygen atoms in total. The maximum Gasteiger partial charge on any atom is 0.338 e. The lowest BCUT2D eigenvalue weighted by Gasteiger charge is -2.31. The topological polar surface area (TPSA) is 148 Å². The Kier molecular flexibility index (Phi) is 5.54. The summed E-state index contributed by atoms with van der Waals surface area (Å²) in [5.74, 6) is -1.46. The number of anilines is 1. The Labute approximate surface area is 143 Å².